The number of nitrogens with one attached hydrogen (secondary N) is 1. The third kappa shape index (κ3) is 3.95. The zero-order valence-corrected chi connectivity index (χ0v) is 17.7. The second-order valence-electron chi connectivity index (χ2n) is 7.74. The van der Waals surface area contributed by atoms with Crippen LogP contribution in [0.25, 0.3) is 0 Å². The molecular weight excluding hydrogens is 427 g/mol. The van der Waals surface area contributed by atoms with E-state index in [-0.39, 0.29) is 24.0 Å². The van der Waals surface area contributed by atoms with Gasteiger partial charge in [-0.25, -0.2) is 0 Å². The van der Waals surface area contributed by atoms with Crippen molar-refractivity contribution in [3.05, 3.63) is 11.6 Å². The Bertz CT molecular complexity index is 607. The monoisotopic (exact) mass is 458 g/mol. The lowest BCUT2D eigenvalue weighted by Crippen LogP contribution is -2.43. The number of hydrogen-bond donors (Lipinski definition) is 1. The van der Waals surface area contributed by atoms with Crippen molar-refractivity contribution >= 4 is 29.9 Å². The molecule has 1 aromatic heterocycles. The van der Waals surface area contributed by atoms with E-state index in [0.717, 1.165) is 44.3 Å². The van der Waals surface area contributed by atoms with Gasteiger partial charge in [-0.05, 0) is 37.5 Å². The van der Waals surface area contributed by atoms with Gasteiger partial charge in [0.05, 0.1) is 0 Å². The Hall–Kier alpha value is -0.860. The van der Waals surface area contributed by atoms with Crippen LogP contribution in [0.1, 0.15) is 56.6 Å². The fourth-order valence-corrected chi connectivity index (χ4v) is 4.55. The van der Waals surface area contributed by atoms with E-state index in [1.807, 2.05) is 7.05 Å². The summed E-state index contributed by atoms with van der Waals surface area (Å²) in [5, 5.41) is 12.4. The van der Waals surface area contributed by atoms with Crippen LogP contribution in [0.3, 0.4) is 0 Å². The molecule has 4 rings (SSSR count). The SMILES string of the molecule is CN=C(NCCc1nnc2n1CCCCC2)N1CCC2(CCC2)C1.I. The fourth-order valence-electron chi connectivity index (χ4n) is 4.55. The standard InChI is InChI=1S/C18H30N6.HI/c1-19-17(23-13-10-18(14-23)8-5-9-18)20-11-7-16-22-21-15-6-3-2-4-12-24(15)16;/h2-14H2,1H3,(H,19,20);1H. The number of hydrogen-bond acceptors (Lipinski definition) is 3. The van der Waals surface area contributed by atoms with E-state index in [1.165, 1.54) is 57.3 Å². The Morgan fingerprint density at radius 3 is 2.72 bits per heavy atom. The summed E-state index contributed by atoms with van der Waals surface area (Å²) in [5.41, 5.74) is 0.613. The van der Waals surface area contributed by atoms with Crippen LogP contribution < -0.4 is 5.32 Å². The van der Waals surface area contributed by atoms with Gasteiger partial charge in [0, 0.05) is 46.1 Å². The van der Waals surface area contributed by atoms with E-state index < -0.39 is 0 Å². The minimum Gasteiger partial charge on any atom is -0.356 e. The number of rotatable bonds is 3. The van der Waals surface area contributed by atoms with Crippen molar-refractivity contribution in [3.63, 3.8) is 0 Å². The van der Waals surface area contributed by atoms with Crippen molar-refractivity contribution in [2.75, 3.05) is 26.7 Å². The number of halogens is 1. The van der Waals surface area contributed by atoms with Gasteiger partial charge in [0.25, 0.3) is 0 Å². The molecule has 2 aliphatic heterocycles. The molecule has 0 unspecified atom stereocenters. The number of guanidine groups is 1. The van der Waals surface area contributed by atoms with E-state index in [0.29, 0.717) is 5.41 Å². The van der Waals surface area contributed by atoms with Crippen molar-refractivity contribution in [1.29, 1.82) is 0 Å². The number of nitrogens with zero attached hydrogens (tertiary/aromatic N) is 5. The molecule has 6 nitrogen and oxygen atoms in total. The lowest BCUT2D eigenvalue weighted by Gasteiger charge is -2.38. The fraction of sp³-hybridized carbons (Fsp3) is 0.833. The van der Waals surface area contributed by atoms with E-state index in [4.69, 9.17) is 0 Å². The molecule has 0 bridgehead atoms. The summed E-state index contributed by atoms with van der Waals surface area (Å²) in [7, 11) is 1.90. The molecule has 3 aliphatic rings. The van der Waals surface area contributed by atoms with E-state index in [1.54, 1.807) is 0 Å². The molecule has 7 heteroatoms. The van der Waals surface area contributed by atoms with Crippen molar-refractivity contribution in [3.8, 4) is 0 Å². The van der Waals surface area contributed by atoms with Gasteiger partial charge in [-0.15, -0.1) is 34.2 Å². The van der Waals surface area contributed by atoms with Crippen molar-refractivity contribution in [2.24, 2.45) is 10.4 Å². The third-order valence-corrected chi connectivity index (χ3v) is 6.18. The maximum atomic E-state index is 4.50. The number of aliphatic imine (C=N–C) groups is 1. The molecule has 0 radical (unpaired) electrons. The largest absolute Gasteiger partial charge is 0.356 e. The van der Waals surface area contributed by atoms with Crippen LogP contribution in [0.15, 0.2) is 4.99 Å². The first-order valence-electron chi connectivity index (χ1n) is 9.66. The molecule has 1 spiro atoms. The molecule has 1 aromatic rings. The topological polar surface area (TPSA) is 58.3 Å². The minimum absolute atomic E-state index is 0. The minimum atomic E-state index is 0. The molecule has 140 valence electrons. The Balaban J connectivity index is 0.00000182. The van der Waals surface area contributed by atoms with E-state index >= 15 is 0 Å². The second kappa shape index (κ2) is 8.22. The summed E-state index contributed by atoms with van der Waals surface area (Å²) in [6.45, 7) is 4.31. The van der Waals surface area contributed by atoms with Gasteiger partial charge >= 0.3 is 0 Å². The first kappa shape index (κ1) is 18.9. The van der Waals surface area contributed by atoms with Crippen molar-refractivity contribution < 1.29 is 0 Å². The molecule has 0 amide bonds. The number of aryl methyl sites for hydroxylation is 1. The first-order valence-corrected chi connectivity index (χ1v) is 9.66. The molecule has 25 heavy (non-hydrogen) atoms. The van der Waals surface area contributed by atoms with Crippen LogP contribution >= 0.6 is 24.0 Å². The molecule has 0 aromatic carbocycles. The molecule has 1 aliphatic carbocycles. The zero-order chi connectivity index (χ0) is 16.4. The summed E-state index contributed by atoms with van der Waals surface area (Å²) in [5.74, 6) is 3.37. The van der Waals surface area contributed by atoms with Gasteiger partial charge in [0.2, 0.25) is 0 Å². The zero-order valence-electron chi connectivity index (χ0n) is 15.3. The van der Waals surface area contributed by atoms with Crippen LogP contribution in [0.2, 0.25) is 0 Å². The number of likely N-dealkylation sites (tertiary alicyclic amines) is 1. The van der Waals surface area contributed by atoms with Crippen LogP contribution in [-0.2, 0) is 19.4 Å². The maximum absolute atomic E-state index is 4.50. The summed E-state index contributed by atoms with van der Waals surface area (Å²) in [6, 6.07) is 0. The van der Waals surface area contributed by atoms with Gasteiger partial charge in [0.15, 0.2) is 5.96 Å². The highest BCUT2D eigenvalue weighted by atomic mass is 127. The number of fused-ring (bicyclic) bond motifs is 1. The molecule has 1 saturated heterocycles. The average molecular weight is 458 g/mol. The van der Waals surface area contributed by atoms with Crippen LogP contribution in [0.5, 0.6) is 0 Å². The lowest BCUT2D eigenvalue weighted by molar-refractivity contribution is 0.151. The van der Waals surface area contributed by atoms with Gasteiger partial charge in [-0.1, -0.05) is 12.8 Å². The predicted molar refractivity (Wildman–Crippen MR) is 111 cm³/mol. The molecular formula is C18H31IN6. The summed E-state index contributed by atoms with van der Waals surface area (Å²) in [6.07, 6.45) is 11.4. The highest BCUT2D eigenvalue weighted by Crippen LogP contribution is 2.47. The quantitative estimate of drug-likeness (QED) is 0.430. The van der Waals surface area contributed by atoms with Crippen LogP contribution in [0, 0.1) is 5.41 Å². The van der Waals surface area contributed by atoms with Crippen LogP contribution in [-0.4, -0.2) is 52.3 Å². The molecule has 0 atom stereocenters. The number of aromatic nitrogens is 3. The second-order valence-corrected chi connectivity index (χ2v) is 7.74. The van der Waals surface area contributed by atoms with Crippen molar-refractivity contribution in [1.82, 2.24) is 25.0 Å². The Labute approximate surface area is 167 Å². The Morgan fingerprint density at radius 1 is 1.12 bits per heavy atom. The first-order chi connectivity index (χ1) is 11.8. The van der Waals surface area contributed by atoms with Crippen molar-refractivity contribution in [2.45, 2.75) is 64.3 Å². The predicted octanol–water partition coefficient (Wildman–Crippen LogP) is 2.62. The van der Waals surface area contributed by atoms with Gasteiger partial charge in [0.1, 0.15) is 11.6 Å². The van der Waals surface area contributed by atoms with Gasteiger partial charge in [-0.2, -0.15) is 0 Å². The Morgan fingerprint density at radius 2 is 2.00 bits per heavy atom. The third-order valence-electron chi connectivity index (χ3n) is 6.18. The molecule has 2 fully saturated rings. The normalized spacial score (nSPS) is 22.1. The van der Waals surface area contributed by atoms with Gasteiger partial charge < -0.3 is 14.8 Å². The maximum Gasteiger partial charge on any atom is 0.193 e. The lowest BCUT2D eigenvalue weighted by atomic mass is 9.68. The summed E-state index contributed by atoms with van der Waals surface area (Å²) >= 11 is 0. The van der Waals surface area contributed by atoms with E-state index in [9.17, 15) is 0 Å². The summed E-state index contributed by atoms with van der Waals surface area (Å²) < 4.78 is 2.34. The van der Waals surface area contributed by atoms with Gasteiger partial charge in [-0.3, -0.25) is 4.99 Å². The molecule has 1 saturated carbocycles. The smallest absolute Gasteiger partial charge is 0.193 e. The van der Waals surface area contributed by atoms with E-state index in [2.05, 4.69) is 30.0 Å². The Kier molecular flexibility index (Phi) is 6.22. The highest BCUT2D eigenvalue weighted by Gasteiger charge is 2.43. The molecule has 1 N–H and O–H groups in total. The summed E-state index contributed by atoms with van der Waals surface area (Å²) in [4.78, 5) is 6.95. The highest BCUT2D eigenvalue weighted by molar-refractivity contribution is 14.0. The molecule has 3 heterocycles. The van der Waals surface area contributed by atoms with Crippen LogP contribution in [0.4, 0.5) is 0 Å². The average Bonchev–Trinajstić information content (AvgIpc) is 3.10.